The molecule has 1 amide bonds. The summed E-state index contributed by atoms with van der Waals surface area (Å²) in [6.45, 7) is 1.41. The predicted molar refractivity (Wildman–Crippen MR) is 59.0 cm³/mol. The molecule has 0 aliphatic rings. The summed E-state index contributed by atoms with van der Waals surface area (Å²) in [4.78, 5) is 11.0. The van der Waals surface area contributed by atoms with E-state index in [2.05, 4.69) is 0 Å². The fourth-order valence-corrected chi connectivity index (χ4v) is 1.35. The van der Waals surface area contributed by atoms with Gasteiger partial charge in [-0.2, -0.15) is 8.78 Å². The van der Waals surface area contributed by atoms with Gasteiger partial charge in [0.1, 0.15) is 0 Å². The number of carbonyl (C=O) groups is 1. The Labute approximate surface area is 106 Å². The Morgan fingerprint density at radius 3 is 2.22 bits per heavy atom. The highest BCUT2D eigenvalue weighted by Crippen LogP contribution is 2.24. The monoisotopic (exact) mass is 283 g/mol. The van der Waals surface area contributed by atoms with E-state index in [-0.39, 0.29) is 0 Å². The molecule has 0 spiro atoms. The van der Waals surface area contributed by atoms with E-state index in [1.54, 1.807) is 0 Å². The lowest BCUT2D eigenvalue weighted by atomic mass is 10.1. The van der Waals surface area contributed by atoms with Gasteiger partial charge in [-0.25, -0.2) is 8.78 Å². The number of rotatable bonds is 4. The first-order valence-electron chi connectivity index (χ1n) is 4.97. The quantitative estimate of drug-likeness (QED) is 0.843. The minimum Gasteiger partial charge on any atom is -0.344 e. The summed E-state index contributed by atoms with van der Waals surface area (Å²) in [7, 11) is 0. The zero-order valence-corrected chi connectivity index (χ0v) is 10.0. The lowest BCUT2D eigenvalue weighted by Crippen LogP contribution is -2.45. The predicted octanol–water partition coefficient (Wildman–Crippen LogP) is 3.42. The molecule has 1 N–H and O–H groups in total. The fraction of sp³-hybridized carbons (Fsp3) is 0.364. The van der Waals surface area contributed by atoms with Crippen molar-refractivity contribution < 1.29 is 22.4 Å². The first-order chi connectivity index (χ1) is 8.25. The Kier molecular flexibility index (Phi) is 4.56. The maximum atomic E-state index is 12.7. The number of halogens is 5. The van der Waals surface area contributed by atoms with E-state index in [1.807, 2.05) is 5.32 Å². The SMILES string of the molecule is CC(NC(=O)C(F)(F)C(F)F)c1ccc(Cl)cc1. The van der Waals surface area contributed by atoms with Crippen LogP contribution in [0.2, 0.25) is 5.02 Å². The normalized spacial score (nSPS) is 13.5. The Hall–Kier alpha value is -1.30. The van der Waals surface area contributed by atoms with Gasteiger partial charge in [-0.3, -0.25) is 4.79 Å². The van der Waals surface area contributed by atoms with Crippen LogP contribution < -0.4 is 5.32 Å². The number of carbonyl (C=O) groups excluding carboxylic acids is 1. The molecule has 18 heavy (non-hydrogen) atoms. The Morgan fingerprint density at radius 2 is 1.78 bits per heavy atom. The first kappa shape index (κ1) is 14.8. The average molecular weight is 284 g/mol. The van der Waals surface area contributed by atoms with E-state index in [9.17, 15) is 22.4 Å². The highest BCUT2D eigenvalue weighted by molar-refractivity contribution is 6.30. The molecule has 1 atom stereocenters. The van der Waals surface area contributed by atoms with Crippen LogP contribution in [0.1, 0.15) is 18.5 Å². The summed E-state index contributed by atoms with van der Waals surface area (Å²) in [5, 5.41) is 2.27. The molecule has 1 aromatic carbocycles. The molecule has 1 unspecified atom stereocenters. The lowest BCUT2D eigenvalue weighted by Gasteiger charge is -2.19. The van der Waals surface area contributed by atoms with Crippen molar-refractivity contribution in [2.45, 2.75) is 25.3 Å². The van der Waals surface area contributed by atoms with Crippen LogP contribution in [0.4, 0.5) is 17.6 Å². The zero-order valence-electron chi connectivity index (χ0n) is 9.26. The van der Waals surface area contributed by atoms with Gasteiger partial charge >= 0.3 is 12.3 Å². The molecule has 0 bridgehead atoms. The van der Waals surface area contributed by atoms with Crippen LogP contribution >= 0.6 is 11.6 Å². The number of benzene rings is 1. The van der Waals surface area contributed by atoms with Gasteiger partial charge in [0.2, 0.25) is 0 Å². The van der Waals surface area contributed by atoms with Gasteiger partial charge in [0, 0.05) is 5.02 Å². The van der Waals surface area contributed by atoms with E-state index in [4.69, 9.17) is 11.6 Å². The van der Waals surface area contributed by atoms with Gasteiger partial charge in [-0.15, -0.1) is 0 Å². The fourth-order valence-electron chi connectivity index (χ4n) is 1.23. The van der Waals surface area contributed by atoms with Crippen LogP contribution in [0.15, 0.2) is 24.3 Å². The van der Waals surface area contributed by atoms with Crippen molar-refractivity contribution in [3.8, 4) is 0 Å². The second-order valence-corrected chi connectivity index (χ2v) is 4.11. The highest BCUT2D eigenvalue weighted by Gasteiger charge is 2.49. The third-order valence-electron chi connectivity index (χ3n) is 2.29. The van der Waals surface area contributed by atoms with Crippen LogP contribution in [0.25, 0.3) is 0 Å². The maximum Gasteiger partial charge on any atom is 0.383 e. The van der Waals surface area contributed by atoms with Crippen LogP contribution in [0.3, 0.4) is 0 Å². The van der Waals surface area contributed by atoms with Crippen molar-refractivity contribution in [1.82, 2.24) is 5.32 Å². The van der Waals surface area contributed by atoms with Crippen LogP contribution in [0, 0.1) is 0 Å². The molecule has 0 saturated carbocycles. The second-order valence-electron chi connectivity index (χ2n) is 3.67. The van der Waals surface area contributed by atoms with Gasteiger partial charge in [0.05, 0.1) is 6.04 Å². The number of amides is 1. The topological polar surface area (TPSA) is 29.1 Å². The third kappa shape index (κ3) is 3.35. The molecular formula is C11H10ClF4NO. The third-order valence-corrected chi connectivity index (χ3v) is 2.55. The molecule has 2 nitrogen and oxygen atoms in total. The van der Waals surface area contributed by atoms with Crippen LogP contribution in [0.5, 0.6) is 0 Å². The molecule has 0 aliphatic carbocycles. The molecule has 0 heterocycles. The van der Waals surface area contributed by atoms with Crippen molar-refractivity contribution in [2.75, 3.05) is 0 Å². The highest BCUT2D eigenvalue weighted by atomic mass is 35.5. The van der Waals surface area contributed by atoms with Crippen molar-refractivity contribution in [2.24, 2.45) is 0 Å². The molecule has 7 heteroatoms. The number of hydrogen-bond donors (Lipinski definition) is 1. The number of alkyl halides is 4. The number of hydrogen-bond acceptors (Lipinski definition) is 1. The first-order valence-corrected chi connectivity index (χ1v) is 5.35. The molecule has 0 aliphatic heterocycles. The lowest BCUT2D eigenvalue weighted by molar-refractivity contribution is -0.170. The standard InChI is InChI=1S/C11H10ClF4NO/c1-6(7-2-4-8(12)5-3-7)17-10(18)11(15,16)9(13)14/h2-6,9H,1H3,(H,17,18). The van der Waals surface area contributed by atoms with E-state index in [0.29, 0.717) is 10.6 Å². The van der Waals surface area contributed by atoms with Crippen molar-refractivity contribution >= 4 is 17.5 Å². The van der Waals surface area contributed by atoms with Gasteiger partial charge in [-0.1, -0.05) is 23.7 Å². The molecule has 0 saturated heterocycles. The summed E-state index contributed by atoms with van der Waals surface area (Å²) in [5.74, 6) is -6.69. The maximum absolute atomic E-state index is 12.7. The van der Waals surface area contributed by atoms with E-state index < -0.39 is 24.3 Å². The van der Waals surface area contributed by atoms with Gasteiger partial charge in [0.25, 0.3) is 5.91 Å². The van der Waals surface area contributed by atoms with Crippen LogP contribution in [-0.2, 0) is 4.79 Å². The molecule has 0 aromatic heterocycles. The summed E-state index contributed by atoms with van der Waals surface area (Å²) < 4.78 is 49.3. The minimum absolute atomic E-state index is 0.440. The molecule has 1 rings (SSSR count). The van der Waals surface area contributed by atoms with Crippen LogP contribution in [-0.4, -0.2) is 18.3 Å². The Bertz CT molecular complexity index is 422. The van der Waals surface area contributed by atoms with Gasteiger partial charge < -0.3 is 5.32 Å². The summed E-state index contributed by atoms with van der Waals surface area (Å²) in [6, 6.07) is 5.20. The summed E-state index contributed by atoms with van der Waals surface area (Å²) in [6.07, 6.45) is -4.03. The molecular weight excluding hydrogens is 274 g/mol. The van der Waals surface area contributed by atoms with E-state index in [1.165, 1.54) is 31.2 Å². The summed E-state index contributed by atoms with van der Waals surface area (Å²) in [5.41, 5.74) is 0.484. The Morgan fingerprint density at radius 1 is 1.28 bits per heavy atom. The van der Waals surface area contributed by atoms with Crippen molar-refractivity contribution in [1.29, 1.82) is 0 Å². The summed E-state index contributed by atoms with van der Waals surface area (Å²) >= 11 is 5.63. The van der Waals surface area contributed by atoms with Crippen molar-refractivity contribution in [3.05, 3.63) is 34.9 Å². The number of nitrogens with one attached hydrogen (secondary N) is 1. The average Bonchev–Trinajstić information content (AvgIpc) is 2.29. The van der Waals surface area contributed by atoms with E-state index >= 15 is 0 Å². The smallest absolute Gasteiger partial charge is 0.344 e. The Balaban J connectivity index is 2.73. The van der Waals surface area contributed by atoms with E-state index in [0.717, 1.165) is 0 Å². The second kappa shape index (κ2) is 5.56. The molecule has 0 fully saturated rings. The van der Waals surface area contributed by atoms with Crippen molar-refractivity contribution in [3.63, 3.8) is 0 Å². The zero-order chi connectivity index (χ0) is 13.9. The minimum atomic E-state index is -4.69. The molecule has 100 valence electrons. The largest absolute Gasteiger partial charge is 0.383 e. The van der Waals surface area contributed by atoms with Gasteiger partial charge in [0.15, 0.2) is 0 Å². The molecule has 0 radical (unpaired) electrons. The van der Waals surface area contributed by atoms with Gasteiger partial charge in [-0.05, 0) is 24.6 Å². The molecule has 1 aromatic rings.